The van der Waals surface area contributed by atoms with Gasteiger partial charge in [0.25, 0.3) is 0 Å². The third-order valence-corrected chi connectivity index (χ3v) is 5.60. The minimum Gasteiger partial charge on any atom is -0.294 e. The van der Waals surface area contributed by atoms with E-state index in [0.717, 1.165) is 5.56 Å². The molecule has 0 saturated carbocycles. The van der Waals surface area contributed by atoms with Gasteiger partial charge in [-0.05, 0) is 29.7 Å². The number of rotatable bonds is 0. The Morgan fingerprint density at radius 1 is 0.947 bits per heavy atom. The van der Waals surface area contributed by atoms with Gasteiger partial charge in [0, 0.05) is 31.7 Å². The lowest BCUT2D eigenvalue weighted by Gasteiger charge is -2.09. The van der Waals surface area contributed by atoms with Crippen molar-refractivity contribution in [2.75, 3.05) is 0 Å². The summed E-state index contributed by atoms with van der Waals surface area (Å²) in [5.41, 5.74) is 2.21. The average Bonchev–Trinajstić information content (AvgIpc) is 2.91. The lowest BCUT2D eigenvalue weighted by Crippen LogP contribution is -2.06. The van der Waals surface area contributed by atoms with E-state index in [1.165, 1.54) is 25.7 Å². The molecule has 0 N–H and O–H groups in total. The van der Waals surface area contributed by atoms with Crippen LogP contribution in [0.1, 0.15) is 35.7 Å². The van der Waals surface area contributed by atoms with Crippen molar-refractivity contribution >= 4 is 37.3 Å². The number of carbonyl (C=O) groups is 1. The fraction of sp³-hybridized carbons (Fsp3) is 0.235. The second kappa shape index (κ2) is 3.67. The van der Waals surface area contributed by atoms with Crippen LogP contribution in [0.5, 0.6) is 0 Å². The highest BCUT2D eigenvalue weighted by Gasteiger charge is 2.35. The lowest BCUT2D eigenvalue weighted by molar-refractivity contribution is 0.0937. The molecule has 0 bridgehead atoms. The molecule has 2 atom stereocenters. The van der Waals surface area contributed by atoms with Crippen LogP contribution in [0.2, 0.25) is 0 Å². The average molecular weight is 266 g/mol. The maximum Gasteiger partial charge on any atom is 0.166 e. The highest BCUT2D eigenvalue weighted by molar-refractivity contribution is 7.25. The van der Waals surface area contributed by atoms with Gasteiger partial charge in [0.2, 0.25) is 0 Å². The van der Waals surface area contributed by atoms with E-state index in [-0.39, 0.29) is 5.92 Å². The third kappa shape index (κ3) is 1.32. The van der Waals surface area contributed by atoms with Gasteiger partial charge in [-0.1, -0.05) is 32.0 Å². The summed E-state index contributed by atoms with van der Waals surface area (Å²) >= 11 is 1.82. The summed E-state index contributed by atoms with van der Waals surface area (Å²) in [5.74, 6) is 0.739. The largest absolute Gasteiger partial charge is 0.294 e. The molecule has 2 aromatic carbocycles. The minimum atomic E-state index is 0.110. The van der Waals surface area contributed by atoms with E-state index in [2.05, 4.69) is 37.3 Å². The summed E-state index contributed by atoms with van der Waals surface area (Å²) in [6.07, 6.45) is 0. The van der Waals surface area contributed by atoms with E-state index in [0.29, 0.717) is 11.7 Å². The van der Waals surface area contributed by atoms with Crippen LogP contribution < -0.4 is 0 Å². The van der Waals surface area contributed by atoms with Gasteiger partial charge in [-0.15, -0.1) is 11.3 Å². The Balaban J connectivity index is 2.22. The Bertz CT molecular complexity index is 828. The van der Waals surface area contributed by atoms with Crippen LogP contribution in [-0.4, -0.2) is 5.78 Å². The Morgan fingerprint density at radius 3 is 2.58 bits per heavy atom. The molecular weight excluding hydrogens is 252 g/mol. The van der Waals surface area contributed by atoms with Crippen molar-refractivity contribution in [3.05, 3.63) is 47.5 Å². The van der Waals surface area contributed by atoms with Gasteiger partial charge in [0.15, 0.2) is 5.78 Å². The fourth-order valence-corrected chi connectivity index (χ4v) is 4.37. The topological polar surface area (TPSA) is 17.1 Å². The van der Waals surface area contributed by atoms with Crippen molar-refractivity contribution in [3.63, 3.8) is 0 Å². The molecule has 1 heterocycles. The molecule has 94 valence electrons. The van der Waals surface area contributed by atoms with Crippen molar-refractivity contribution in [2.45, 2.75) is 19.8 Å². The van der Waals surface area contributed by atoms with Crippen LogP contribution in [0.3, 0.4) is 0 Å². The molecule has 2 heteroatoms. The monoisotopic (exact) mass is 266 g/mol. The number of thiophene rings is 1. The molecular formula is C17H14OS. The van der Waals surface area contributed by atoms with Crippen LogP contribution >= 0.6 is 11.3 Å². The molecule has 2 unspecified atom stereocenters. The van der Waals surface area contributed by atoms with E-state index >= 15 is 0 Å². The lowest BCUT2D eigenvalue weighted by atomic mass is 9.93. The summed E-state index contributed by atoms with van der Waals surface area (Å²) in [6, 6.07) is 12.6. The van der Waals surface area contributed by atoms with E-state index in [4.69, 9.17) is 0 Å². The predicted molar refractivity (Wildman–Crippen MR) is 81.2 cm³/mol. The number of Topliss-reactive ketones (excluding diaryl/α,β-unsaturated/α-hetero) is 1. The van der Waals surface area contributed by atoms with Crippen molar-refractivity contribution in [3.8, 4) is 0 Å². The van der Waals surface area contributed by atoms with Crippen molar-refractivity contribution in [1.82, 2.24) is 0 Å². The van der Waals surface area contributed by atoms with Crippen LogP contribution in [-0.2, 0) is 0 Å². The molecule has 0 radical (unpaired) electrons. The predicted octanol–water partition coefficient (Wildman–Crippen LogP) is 4.99. The molecule has 0 fully saturated rings. The normalized spacial score (nSPS) is 22.3. The highest BCUT2D eigenvalue weighted by Crippen LogP contribution is 2.46. The molecule has 0 saturated heterocycles. The Morgan fingerprint density at radius 2 is 1.74 bits per heavy atom. The van der Waals surface area contributed by atoms with Gasteiger partial charge >= 0.3 is 0 Å². The Hall–Kier alpha value is -1.67. The van der Waals surface area contributed by atoms with Gasteiger partial charge in [-0.25, -0.2) is 0 Å². The zero-order valence-corrected chi connectivity index (χ0v) is 11.8. The summed E-state index contributed by atoms with van der Waals surface area (Å²) in [6.45, 7) is 4.23. The van der Waals surface area contributed by atoms with E-state index < -0.39 is 0 Å². The molecule has 0 aliphatic heterocycles. The van der Waals surface area contributed by atoms with E-state index in [1.54, 1.807) is 0 Å². The molecule has 1 aromatic heterocycles. The number of hydrogen-bond acceptors (Lipinski definition) is 2. The first-order valence-corrected chi connectivity index (χ1v) is 7.48. The Kier molecular flexibility index (Phi) is 2.16. The van der Waals surface area contributed by atoms with Crippen molar-refractivity contribution < 1.29 is 4.79 Å². The molecule has 0 spiro atoms. The molecule has 1 aliphatic carbocycles. The maximum atomic E-state index is 12.3. The molecule has 1 nitrogen and oxygen atoms in total. The van der Waals surface area contributed by atoms with Crippen molar-refractivity contribution in [1.29, 1.82) is 0 Å². The fourth-order valence-electron chi connectivity index (χ4n) is 3.25. The number of ketones is 1. The quantitative estimate of drug-likeness (QED) is 0.560. The SMILES string of the molecule is CC1C(=O)c2ccc3sc4ccccc4c3c2C1C. The van der Waals surface area contributed by atoms with Gasteiger partial charge in [-0.3, -0.25) is 4.79 Å². The maximum absolute atomic E-state index is 12.3. The van der Waals surface area contributed by atoms with Gasteiger partial charge in [0.05, 0.1) is 0 Å². The highest BCUT2D eigenvalue weighted by atomic mass is 32.1. The number of fused-ring (bicyclic) bond motifs is 5. The van der Waals surface area contributed by atoms with Crippen LogP contribution in [0.15, 0.2) is 36.4 Å². The summed E-state index contributed by atoms with van der Waals surface area (Å²) in [4.78, 5) is 12.3. The first kappa shape index (κ1) is 11.2. The first-order chi connectivity index (χ1) is 9.18. The molecule has 3 aromatic rings. The smallest absolute Gasteiger partial charge is 0.166 e. The van der Waals surface area contributed by atoms with Gasteiger partial charge in [0.1, 0.15) is 0 Å². The van der Waals surface area contributed by atoms with Crippen molar-refractivity contribution in [2.24, 2.45) is 5.92 Å². The second-order valence-electron chi connectivity index (χ2n) is 5.44. The number of benzene rings is 2. The van der Waals surface area contributed by atoms with Gasteiger partial charge in [-0.2, -0.15) is 0 Å². The van der Waals surface area contributed by atoms with E-state index in [9.17, 15) is 4.79 Å². The summed E-state index contributed by atoms with van der Waals surface area (Å²) < 4.78 is 2.61. The molecule has 19 heavy (non-hydrogen) atoms. The molecule has 4 rings (SSSR count). The van der Waals surface area contributed by atoms with Crippen LogP contribution in [0.25, 0.3) is 20.2 Å². The molecule has 0 amide bonds. The standard InChI is InChI=1S/C17H14OS/c1-9-10(2)17(18)12-7-8-14-16(15(9)12)11-5-3-4-6-13(11)19-14/h3-10H,1-2H3. The first-order valence-electron chi connectivity index (χ1n) is 6.67. The Labute approximate surface area is 115 Å². The second-order valence-corrected chi connectivity index (χ2v) is 6.52. The van der Waals surface area contributed by atoms with E-state index in [1.807, 2.05) is 24.3 Å². The summed E-state index contributed by atoms with van der Waals surface area (Å²) in [5, 5.41) is 2.61. The number of hydrogen-bond donors (Lipinski definition) is 0. The molecule has 1 aliphatic rings. The zero-order chi connectivity index (χ0) is 13.1. The summed E-state index contributed by atoms with van der Waals surface area (Å²) in [7, 11) is 0. The zero-order valence-electron chi connectivity index (χ0n) is 10.9. The van der Waals surface area contributed by atoms with Crippen LogP contribution in [0, 0.1) is 5.92 Å². The number of carbonyl (C=O) groups excluding carboxylic acids is 1. The van der Waals surface area contributed by atoms with Gasteiger partial charge < -0.3 is 0 Å². The third-order valence-electron chi connectivity index (χ3n) is 4.47. The minimum absolute atomic E-state index is 0.110. The van der Waals surface area contributed by atoms with Crippen LogP contribution in [0.4, 0.5) is 0 Å².